The van der Waals surface area contributed by atoms with Crippen LogP contribution in [0, 0.1) is 5.92 Å². The summed E-state index contributed by atoms with van der Waals surface area (Å²) < 4.78 is 5.22. The van der Waals surface area contributed by atoms with E-state index in [1.165, 1.54) is 12.1 Å². The maximum atomic E-state index is 13.2. The van der Waals surface area contributed by atoms with Crippen LogP contribution in [0.5, 0.6) is 5.75 Å². The minimum absolute atomic E-state index is 0.0226. The lowest BCUT2D eigenvalue weighted by molar-refractivity contribution is -0.141. The molecule has 0 spiro atoms. The van der Waals surface area contributed by atoms with Crippen molar-refractivity contribution in [2.24, 2.45) is 5.92 Å². The Hall–Kier alpha value is -2.77. The molecular formula is C24H37N3O5. The quantitative estimate of drug-likeness (QED) is 0.476. The second-order valence-corrected chi connectivity index (χ2v) is 9.43. The summed E-state index contributed by atoms with van der Waals surface area (Å²) in [6.07, 6.45) is 2.97. The smallest absolute Gasteiger partial charge is 0.408 e. The third kappa shape index (κ3) is 7.73. The number of phenols is 1. The van der Waals surface area contributed by atoms with Crippen LogP contribution in [-0.4, -0.2) is 52.6 Å². The summed E-state index contributed by atoms with van der Waals surface area (Å²) in [5, 5.41) is 15.4. The van der Waals surface area contributed by atoms with Crippen LogP contribution in [-0.2, 0) is 14.3 Å². The molecule has 8 heteroatoms. The SMILES string of the molecule is CCCCCNC(=O)C(c1cccc(O)c1)N(C(=O)CNC(=O)OC(C)(C)C)C1CC1C. The van der Waals surface area contributed by atoms with Gasteiger partial charge in [0.25, 0.3) is 0 Å². The predicted molar refractivity (Wildman–Crippen MR) is 122 cm³/mol. The van der Waals surface area contributed by atoms with Crippen molar-refractivity contribution in [1.82, 2.24) is 15.5 Å². The highest BCUT2D eigenvalue weighted by molar-refractivity contribution is 5.91. The molecule has 3 unspecified atom stereocenters. The number of hydrogen-bond acceptors (Lipinski definition) is 5. The van der Waals surface area contributed by atoms with Gasteiger partial charge < -0.3 is 25.4 Å². The Morgan fingerprint density at radius 3 is 2.47 bits per heavy atom. The molecule has 1 aliphatic carbocycles. The average molecular weight is 448 g/mol. The number of aromatic hydroxyl groups is 1. The number of rotatable bonds is 10. The van der Waals surface area contributed by atoms with Crippen LogP contribution in [0.3, 0.4) is 0 Å². The van der Waals surface area contributed by atoms with Gasteiger partial charge in [0.1, 0.15) is 23.9 Å². The van der Waals surface area contributed by atoms with Crippen molar-refractivity contribution >= 4 is 17.9 Å². The molecule has 0 saturated heterocycles. The summed E-state index contributed by atoms with van der Waals surface area (Å²) >= 11 is 0. The van der Waals surface area contributed by atoms with Crippen LogP contribution in [0.2, 0.25) is 0 Å². The molecule has 1 saturated carbocycles. The van der Waals surface area contributed by atoms with Gasteiger partial charge in [0.05, 0.1) is 0 Å². The summed E-state index contributed by atoms with van der Waals surface area (Å²) in [6.45, 7) is 9.57. The molecule has 0 aliphatic heterocycles. The van der Waals surface area contributed by atoms with Crippen LogP contribution in [0.4, 0.5) is 4.79 Å². The molecule has 1 fully saturated rings. The maximum absolute atomic E-state index is 13.2. The van der Waals surface area contributed by atoms with Gasteiger partial charge in [-0.3, -0.25) is 9.59 Å². The minimum Gasteiger partial charge on any atom is -0.508 e. The van der Waals surface area contributed by atoms with E-state index in [2.05, 4.69) is 17.6 Å². The highest BCUT2D eigenvalue weighted by Crippen LogP contribution is 2.40. The largest absolute Gasteiger partial charge is 0.508 e. The van der Waals surface area contributed by atoms with E-state index < -0.39 is 17.7 Å². The first-order valence-electron chi connectivity index (χ1n) is 11.4. The van der Waals surface area contributed by atoms with Crippen molar-refractivity contribution in [3.05, 3.63) is 29.8 Å². The molecule has 32 heavy (non-hydrogen) atoms. The average Bonchev–Trinajstić information content (AvgIpc) is 3.41. The van der Waals surface area contributed by atoms with Crippen LogP contribution in [0.15, 0.2) is 24.3 Å². The Kier molecular flexibility index (Phi) is 8.92. The van der Waals surface area contributed by atoms with Crippen LogP contribution in [0.25, 0.3) is 0 Å². The van der Waals surface area contributed by atoms with E-state index in [1.54, 1.807) is 37.8 Å². The standard InChI is InChI=1S/C24H37N3O5/c1-6-7-8-12-25-22(30)21(17-10-9-11-18(28)14-17)27(19-13-16(19)2)20(29)15-26-23(31)32-24(3,4)5/h9-11,14,16,19,21,28H,6-8,12-13,15H2,1-5H3,(H,25,30)(H,26,31). The lowest BCUT2D eigenvalue weighted by Crippen LogP contribution is -2.49. The zero-order chi connectivity index (χ0) is 23.9. The van der Waals surface area contributed by atoms with Gasteiger partial charge in [-0.2, -0.15) is 0 Å². The van der Waals surface area contributed by atoms with E-state index in [4.69, 9.17) is 4.74 Å². The fourth-order valence-electron chi connectivity index (χ4n) is 3.58. The minimum atomic E-state index is -0.897. The van der Waals surface area contributed by atoms with Crippen LogP contribution in [0.1, 0.15) is 71.9 Å². The molecule has 0 radical (unpaired) electrons. The van der Waals surface area contributed by atoms with Crippen molar-refractivity contribution in [3.8, 4) is 5.75 Å². The zero-order valence-corrected chi connectivity index (χ0v) is 19.8. The number of nitrogens with one attached hydrogen (secondary N) is 2. The van der Waals surface area contributed by atoms with E-state index in [0.717, 1.165) is 25.7 Å². The lowest BCUT2D eigenvalue weighted by Gasteiger charge is -2.32. The van der Waals surface area contributed by atoms with Gasteiger partial charge in [0.2, 0.25) is 11.8 Å². The number of carbonyl (C=O) groups excluding carboxylic acids is 3. The number of amides is 3. The number of unbranched alkanes of at least 4 members (excludes halogenated alkanes) is 2. The first kappa shape index (κ1) is 25.5. The molecule has 2 rings (SSSR count). The van der Waals surface area contributed by atoms with E-state index in [1.807, 2.05) is 6.92 Å². The summed E-state index contributed by atoms with van der Waals surface area (Å²) in [5.41, 5.74) is -0.150. The first-order chi connectivity index (χ1) is 15.0. The summed E-state index contributed by atoms with van der Waals surface area (Å²) in [5.74, 6) is -0.402. The Morgan fingerprint density at radius 2 is 1.91 bits per heavy atom. The van der Waals surface area contributed by atoms with Crippen molar-refractivity contribution in [2.45, 2.75) is 78.0 Å². The van der Waals surface area contributed by atoms with Gasteiger partial charge in [-0.15, -0.1) is 0 Å². The van der Waals surface area contributed by atoms with Crippen LogP contribution >= 0.6 is 0 Å². The molecule has 8 nitrogen and oxygen atoms in total. The van der Waals surface area contributed by atoms with E-state index in [9.17, 15) is 19.5 Å². The van der Waals surface area contributed by atoms with Crippen molar-refractivity contribution in [2.75, 3.05) is 13.1 Å². The molecule has 0 aromatic heterocycles. The Bertz CT molecular complexity index is 805. The van der Waals surface area contributed by atoms with Gasteiger partial charge in [0.15, 0.2) is 0 Å². The maximum Gasteiger partial charge on any atom is 0.408 e. The molecular weight excluding hydrogens is 410 g/mol. The molecule has 178 valence electrons. The molecule has 0 heterocycles. The van der Waals surface area contributed by atoms with Gasteiger partial charge in [0, 0.05) is 12.6 Å². The monoisotopic (exact) mass is 447 g/mol. The van der Waals surface area contributed by atoms with E-state index in [0.29, 0.717) is 12.1 Å². The molecule has 3 atom stereocenters. The second kappa shape index (κ2) is 11.2. The molecule has 1 aliphatic rings. The zero-order valence-electron chi connectivity index (χ0n) is 19.8. The molecule has 1 aromatic rings. The molecule has 1 aromatic carbocycles. The summed E-state index contributed by atoms with van der Waals surface area (Å²) in [4.78, 5) is 40.1. The molecule has 3 amide bonds. The fourth-order valence-corrected chi connectivity index (χ4v) is 3.58. The number of hydrogen-bond donors (Lipinski definition) is 3. The van der Waals surface area contributed by atoms with Crippen molar-refractivity contribution in [1.29, 1.82) is 0 Å². The third-order valence-corrected chi connectivity index (χ3v) is 5.29. The Morgan fingerprint density at radius 1 is 1.22 bits per heavy atom. The fraction of sp³-hybridized carbons (Fsp3) is 0.625. The Labute approximate surface area is 190 Å². The normalized spacial score (nSPS) is 18.4. The topological polar surface area (TPSA) is 108 Å². The number of phenolic OH excluding ortho intramolecular Hbond substituents is 1. The summed E-state index contributed by atoms with van der Waals surface area (Å²) in [6, 6.07) is 5.40. The van der Waals surface area contributed by atoms with Gasteiger partial charge in [-0.25, -0.2) is 4.79 Å². The Balaban J connectivity index is 2.23. The first-order valence-corrected chi connectivity index (χ1v) is 11.4. The van der Waals surface area contributed by atoms with Gasteiger partial charge in [-0.1, -0.05) is 38.8 Å². The van der Waals surface area contributed by atoms with Gasteiger partial charge >= 0.3 is 6.09 Å². The molecule has 3 N–H and O–H groups in total. The predicted octanol–water partition coefficient (Wildman–Crippen LogP) is 3.50. The second-order valence-electron chi connectivity index (χ2n) is 9.43. The van der Waals surface area contributed by atoms with E-state index >= 15 is 0 Å². The number of carbonyl (C=O) groups is 3. The van der Waals surface area contributed by atoms with E-state index in [-0.39, 0.29) is 36.1 Å². The number of ether oxygens (including phenoxy) is 1. The van der Waals surface area contributed by atoms with Crippen molar-refractivity contribution in [3.63, 3.8) is 0 Å². The summed E-state index contributed by atoms with van der Waals surface area (Å²) in [7, 11) is 0. The third-order valence-electron chi connectivity index (χ3n) is 5.29. The number of alkyl carbamates (subject to hydrolysis) is 1. The highest BCUT2D eigenvalue weighted by atomic mass is 16.6. The lowest BCUT2D eigenvalue weighted by atomic mass is 10.0. The number of nitrogens with zero attached hydrogens (tertiary/aromatic N) is 1. The van der Waals surface area contributed by atoms with Crippen LogP contribution < -0.4 is 10.6 Å². The number of benzene rings is 1. The van der Waals surface area contributed by atoms with Gasteiger partial charge in [-0.05, 0) is 57.2 Å². The highest BCUT2D eigenvalue weighted by Gasteiger charge is 2.46. The molecule has 0 bridgehead atoms. The van der Waals surface area contributed by atoms with Crippen molar-refractivity contribution < 1.29 is 24.2 Å².